The summed E-state index contributed by atoms with van der Waals surface area (Å²) in [5.74, 6) is 2.63. The molecule has 0 unspecified atom stereocenters. The summed E-state index contributed by atoms with van der Waals surface area (Å²) < 4.78 is 53.5. The minimum atomic E-state index is -2.96. The molecule has 4 aromatic carbocycles. The third-order valence-corrected chi connectivity index (χ3v) is 8.77. The zero-order valence-corrected chi connectivity index (χ0v) is 28.6. The van der Waals surface area contributed by atoms with Gasteiger partial charge < -0.3 is 39.0 Å². The van der Waals surface area contributed by atoms with Crippen molar-refractivity contribution in [2.45, 2.75) is 39.3 Å². The molecule has 0 bridgehead atoms. The highest BCUT2D eigenvalue weighted by molar-refractivity contribution is 7.90. The summed E-state index contributed by atoms with van der Waals surface area (Å²) in [6, 6.07) is 29.2. The van der Waals surface area contributed by atoms with Gasteiger partial charge in [0.1, 0.15) is 64.7 Å². The Morgan fingerprint density at radius 1 is 0.510 bits per heavy atom. The van der Waals surface area contributed by atoms with Crippen molar-refractivity contribution in [3.8, 4) is 23.0 Å². The Labute approximate surface area is 288 Å². The summed E-state index contributed by atoms with van der Waals surface area (Å²) in [6.07, 6.45) is 2.48. The highest BCUT2D eigenvalue weighted by Crippen LogP contribution is 2.27. The van der Waals surface area contributed by atoms with Gasteiger partial charge in [0.15, 0.2) is 0 Å². The molecule has 4 aromatic rings. The molecule has 0 aliphatic rings. The van der Waals surface area contributed by atoms with Crippen LogP contribution in [0.4, 0.5) is 0 Å². The number of unbranched alkanes of at least 4 members (excludes halogenated alkanes) is 1. The summed E-state index contributed by atoms with van der Waals surface area (Å²) in [7, 11) is -2.96. The summed E-state index contributed by atoms with van der Waals surface area (Å²) in [5, 5.41) is 28.4. The average molecular weight is 695 g/mol. The van der Waals surface area contributed by atoms with Crippen LogP contribution in [0.3, 0.4) is 0 Å². The fraction of sp³-hybridized carbons (Fsp3) is 0.368. The lowest BCUT2D eigenvalue weighted by Crippen LogP contribution is -2.45. The van der Waals surface area contributed by atoms with Gasteiger partial charge in [-0.1, -0.05) is 48.5 Å². The van der Waals surface area contributed by atoms with Crippen molar-refractivity contribution in [2.75, 3.05) is 45.0 Å². The van der Waals surface area contributed by atoms with Crippen LogP contribution in [-0.4, -0.2) is 68.8 Å². The molecule has 0 heterocycles. The molecular weight excluding hydrogens is 648 g/mol. The molecule has 0 fully saturated rings. The molecule has 3 N–H and O–H groups in total. The Balaban J connectivity index is 1.48. The van der Waals surface area contributed by atoms with E-state index >= 15 is 0 Å². The normalized spacial score (nSPS) is 11.7. The summed E-state index contributed by atoms with van der Waals surface area (Å²) in [6.45, 7) is 1.34. The smallest absolute Gasteiger partial charge is 0.147 e. The predicted molar refractivity (Wildman–Crippen MR) is 187 cm³/mol. The molecule has 0 atom stereocenters. The minimum Gasteiger partial charge on any atom is -0.493 e. The van der Waals surface area contributed by atoms with E-state index in [1.807, 2.05) is 24.3 Å². The van der Waals surface area contributed by atoms with E-state index in [4.69, 9.17) is 23.7 Å². The summed E-state index contributed by atoms with van der Waals surface area (Å²) in [5.41, 5.74) is 2.45. The highest BCUT2D eigenvalue weighted by atomic mass is 32.2. The van der Waals surface area contributed by atoms with E-state index in [9.17, 15) is 23.7 Å². The van der Waals surface area contributed by atoms with Crippen LogP contribution in [0.2, 0.25) is 0 Å². The number of rotatable bonds is 22. The highest BCUT2D eigenvalue weighted by Gasteiger charge is 2.36. The van der Waals surface area contributed by atoms with Gasteiger partial charge in [0, 0.05) is 18.6 Å². The van der Waals surface area contributed by atoms with Crippen LogP contribution < -0.4 is 18.9 Å². The monoisotopic (exact) mass is 694 g/mol. The number of benzene rings is 4. The summed E-state index contributed by atoms with van der Waals surface area (Å²) >= 11 is 0. The molecule has 10 nitrogen and oxygen atoms in total. The minimum absolute atomic E-state index is 0.0693. The Morgan fingerprint density at radius 2 is 0.837 bits per heavy atom. The topological polar surface area (TPSA) is 141 Å². The molecule has 0 radical (unpaired) electrons. The van der Waals surface area contributed by atoms with E-state index in [0.717, 1.165) is 22.3 Å². The Kier molecular flexibility index (Phi) is 14.7. The second kappa shape index (κ2) is 19.2. The Hall–Kier alpha value is -4.13. The van der Waals surface area contributed by atoms with Gasteiger partial charge in [0.25, 0.3) is 0 Å². The second-order valence-corrected chi connectivity index (χ2v) is 14.4. The van der Waals surface area contributed by atoms with Crippen molar-refractivity contribution < 1.29 is 47.4 Å². The van der Waals surface area contributed by atoms with Gasteiger partial charge in [-0.3, -0.25) is 0 Å². The zero-order chi connectivity index (χ0) is 35.0. The first kappa shape index (κ1) is 37.7. The molecule has 0 saturated carbocycles. The van der Waals surface area contributed by atoms with E-state index < -0.39 is 15.3 Å². The number of sulfone groups is 1. The molecule has 11 heteroatoms. The maximum absolute atomic E-state index is 11.3. The number of aliphatic hydroxyl groups excluding tert-OH is 3. The maximum atomic E-state index is 11.3. The first-order valence-electron chi connectivity index (χ1n) is 16.1. The molecule has 0 spiro atoms. The van der Waals surface area contributed by atoms with Gasteiger partial charge in [-0.05, 0) is 83.6 Å². The van der Waals surface area contributed by atoms with Crippen LogP contribution in [0.5, 0.6) is 23.0 Å². The second-order valence-electron chi connectivity index (χ2n) is 12.1. The van der Waals surface area contributed by atoms with Crippen LogP contribution in [0.15, 0.2) is 97.1 Å². The molecule has 49 heavy (non-hydrogen) atoms. The molecule has 264 valence electrons. The maximum Gasteiger partial charge on any atom is 0.147 e. The number of ether oxygens (including phenoxy) is 5. The van der Waals surface area contributed by atoms with E-state index in [-0.39, 0.29) is 52.0 Å². The lowest BCUT2D eigenvalue weighted by molar-refractivity contribution is -0.00355. The lowest BCUT2D eigenvalue weighted by atomic mass is 9.92. The molecule has 0 saturated heterocycles. The van der Waals surface area contributed by atoms with Gasteiger partial charge in [0.2, 0.25) is 0 Å². The van der Waals surface area contributed by atoms with E-state index in [1.54, 1.807) is 72.8 Å². The first-order chi connectivity index (χ1) is 23.7. The number of hydrogen-bond acceptors (Lipinski definition) is 10. The van der Waals surface area contributed by atoms with Gasteiger partial charge >= 0.3 is 0 Å². The van der Waals surface area contributed by atoms with Gasteiger partial charge in [-0.25, -0.2) is 8.42 Å². The van der Waals surface area contributed by atoms with E-state index in [0.29, 0.717) is 49.1 Å². The zero-order valence-electron chi connectivity index (χ0n) is 27.8. The van der Waals surface area contributed by atoms with Crippen LogP contribution in [-0.2, 0) is 41.0 Å². The standard InChI is InChI=1S/C38H46O10S/c1-49(42,43)21-3-2-20-44-25-33-10-18-37(19-11-33)48-29-38(26-45-34-12-4-30(22-39)5-13-34,27-46-35-14-6-31(23-40)7-15-35)28-47-36-16-8-32(24-41)9-17-36/h4-19,39-41H,2-3,20-29H2,1H3. The number of hydrogen-bond donors (Lipinski definition) is 3. The lowest BCUT2D eigenvalue weighted by Gasteiger charge is -2.33. The molecular formula is C38H46O10S. The van der Waals surface area contributed by atoms with Crippen LogP contribution >= 0.6 is 0 Å². The SMILES string of the molecule is CS(=O)(=O)CCCCOCc1ccc(OCC(COc2ccc(CO)cc2)(COc2ccc(CO)cc2)COc2ccc(CO)cc2)cc1. The third kappa shape index (κ3) is 13.4. The average Bonchev–Trinajstić information content (AvgIpc) is 3.13. The van der Waals surface area contributed by atoms with Crippen LogP contribution in [0, 0.1) is 5.41 Å². The molecule has 0 amide bonds. The molecule has 4 rings (SSSR count). The fourth-order valence-electron chi connectivity index (χ4n) is 4.71. The predicted octanol–water partition coefficient (Wildman–Crippen LogP) is 5.11. The fourth-order valence-corrected chi connectivity index (χ4v) is 5.44. The van der Waals surface area contributed by atoms with E-state index in [2.05, 4.69) is 0 Å². The van der Waals surface area contributed by atoms with Crippen molar-refractivity contribution in [1.82, 2.24) is 0 Å². The van der Waals surface area contributed by atoms with E-state index in [1.165, 1.54) is 6.26 Å². The Bertz CT molecular complexity index is 1500. The van der Waals surface area contributed by atoms with Crippen molar-refractivity contribution in [3.63, 3.8) is 0 Å². The Morgan fingerprint density at radius 3 is 1.14 bits per heavy atom. The van der Waals surface area contributed by atoms with Crippen LogP contribution in [0.1, 0.15) is 35.1 Å². The third-order valence-electron chi connectivity index (χ3n) is 7.74. The first-order valence-corrected chi connectivity index (χ1v) is 18.2. The van der Waals surface area contributed by atoms with Crippen molar-refractivity contribution in [1.29, 1.82) is 0 Å². The molecule has 0 aliphatic carbocycles. The largest absolute Gasteiger partial charge is 0.493 e. The van der Waals surface area contributed by atoms with Crippen molar-refractivity contribution >= 4 is 9.84 Å². The van der Waals surface area contributed by atoms with Gasteiger partial charge in [-0.2, -0.15) is 0 Å². The quantitative estimate of drug-likeness (QED) is 0.0952. The van der Waals surface area contributed by atoms with Crippen LogP contribution in [0.25, 0.3) is 0 Å². The molecule has 0 aliphatic heterocycles. The van der Waals surface area contributed by atoms with Gasteiger partial charge in [-0.15, -0.1) is 0 Å². The number of aliphatic hydroxyl groups is 3. The molecule has 0 aromatic heterocycles. The van der Waals surface area contributed by atoms with Crippen molar-refractivity contribution in [2.24, 2.45) is 5.41 Å². The van der Waals surface area contributed by atoms with Gasteiger partial charge in [0.05, 0.1) is 26.4 Å². The van der Waals surface area contributed by atoms with Crippen molar-refractivity contribution in [3.05, 3.63) is 119 Å². The summed E-state index contributed by atoms with van der Waals surface area (Å²) in [4.78, 5) is 0.